The van der Waals surface area contributed by atoms with Crippen molar-refractivity contribution in [2.45, 2.75) is 24.9 Å². The van der Waals surface area contributed by atoms with Crippen LogP contribution in [0.1, 0.15) is 12.0 Å². The molecule has 0 bridgehead atoms. The number of sulfone groups is 1. The van der Waals surface area contributed by atoms with E-state index in [-0.39, 0.29) is 23.6 Å². The molecular weight excluding hydrogens is 364 g/mol. The second-order valence-corrected chi connectivity index (χ2v) is 9.98. The van der Waals surface area contributed by atoms with Crippen LogP contribution in [-0.2, 0) is 16.3 Å². The molecule has 6 heteroatoms. The first kappa shape index (κ1) is 17.6. The number of para-hydroxylation sites is 1. The summed E-state index contributed by atoms with van der Waals surface area (Å²) in [6.45, 7) is 0. The Bertz CT molecular complexity index is 883. The lowest BCUT2D eigenvalue weighted by molar-refractivity contribution is 0.601. The summed E-state index contributed by atoms with van der Waals surface area (Å²) in [5.41, 5.74) is 2.38. The largest absolute Gasteiger partial charge is 0.315 e. The van der Waals surface area contributed by atoms with Gasteiger partial charge in [-0.3, -0.25) is 4.99 Å². The molecule has 0 N–H and O–H groups in total. The molecule has 136 valence electrons. The van der Waals surface area contributed by atoms with Crippen LogP contribution in [0.5, 0.6) is 0 Å². The van der Waals surface area contributed by atoms with Crippen LogP contribution in [0.4, 0.5) is 5.69 Å². The van der Waals surface area contributed by atoms with Crippen LogP contribution in [0.3, 0.4) is 0 Å². The van der Waals surface area contributed by atoms with Gasteiger partial charge in [0, 0.05) is 11.4 Å². The van der Waals surface area contributed by atoms with Crippen molar-refractivity contribution in [3.05, 3.63) is 66.2 Å². The Hall–Kier alpha value is -1.79. The fourth-order valence-corrected chi connectivity index (χ4v) is 6.51. The van der Waals surface area contributed by atoms with Gasteiger partial charge in [0.25, 0.3) is 0 Å². The Morgan fingerprint density at radius 1 is 1.00 bits per heavy atom. The van der Waals surface area contributed by atoms with Crippen molar-refractivity contribution in [3.63, 3.8) is 0 Å². The van der Waals surface area contributed by atoms with E-state index < -0.39 is 9.84 Å². The van der Waals surface area contributed by atoms with Crippen molar-refractivity contribution < 1.29 is 8.42 Å². The van der Waals surface area contributed by atoms with Crippen LogP contribution in [0.2, 0.25) is 0 Å². The molecule has 0 aliphatic carbocycles. The van der Waals surface area contributed by atoms with Gasteiger partial charge in [-0.1, -0.05) is 60.3 Å². The Balaban J connectivity index is 1.45. The number of aryl methyl sites for hydroxylation is 1. The van der Waals surface area contributed by atoms with Crippen molar-refractivity contribution in [2.75, 3.05) is 22.2 Å². The number of aliphatic imine (C=N–C) groups is 1. The second-order valence-electron chi connectivity index (χ2n) is 6.77. The average Bonchev–Trinajstić information content (AvgIpc) is 3.11. The highest BCUT2D eigenvalue weighted by Crippen LogP contribution is 2.35. The zero-order chi connectivity index (χ0) is 18.0. The fraction of sp³-hybridized carbons (Fsp3) is 0.350. The Labute approximate surface area is 159 Å². The number of hydrogen-bond acceptors (Lipinski definition) is 5. The van der Waals surface area contributed by atoms with Gasteiger partial charge >= 0.3 is 0 Å². The van der Waals surface area contributed by atoms with Crippen molar-refractivity contribution in [3.8, 4) is 0 Å². The Morgan fingerprint density at radius 3 is 2.42 bits per heavy atom. The lowest BCUT2D eigenvalue weighted by Gasteiger charge is -2.26. The van der Waals surface area contributed by atoms with Crippen molar-refractivity contribution >= 4 is 32.5 Å². The first-order valence-corrected chi connectivity index (χ1v) is 11.7. The molecule has 0 unspecified atom stereocenters. The normalized spacial score (nSPS) is 23.7. The predicted molar refractivity (Wildman–Crippen MR) is 110 cm³/mol. The highest BCUT2D eigenvalue weighted by atomic mass is 32.2. The third kappa shape index (κ3) is 3.81. The molecule has 0 amide bonds. The molecule has 0 radical (unpaired) electrons. The molecule has 2 aliphatic rings. The van der Waals surface area contributed by atoms with E-state index in [1.54, 1.807) is 11.8 Å². The highest BCUT2D eigenvalue weighted by molar-refractivity contribution is 8.14. The van der Waals surface area contributed by atoms with E-state index in [4.69, 9.17) is 4.99 Å². The van der Waals surface area contributed by atoms with E-state index in [2.05, 4.69) is 29.2 Å². The number of benzene rings is 2. The highest BCUT2D eigenvalue weighted by Gasteiger charge is 2.46. The summed E-state index contributed by atoms with van der Waals surface area (Å²) in [5.74, 6) is 1.35. The topological polar surface area (TPSA) is 49.7 Å². The molecule has 4 rings (SSSR count). The summed E-state index contributed by atoms with van der Waals surface area (Å²) in [4.78, 5) is 6.92. The lowest BCUT2D eigenvalue weighted by atomic mass is 10.1. The number of hydrogen-bond donors (Lipinski definition) is 0. The first-order valence-electron chi connectivity index (χ1n) is 8.92. The van der Waals surface area contributed by atoms with Gasteiger partial charge < -0.3 is 4.90 Å². The van der Waals surface area contributed by atoms with Gasteiger partial charge in [0.1, 0.15) is 0 Å². The van der Waals surface area contributed by atoms with Crippen LogP contribution < -0.4 is 4.90 Å². The maximum absolute atomic E-state index is 12.0. The summed E-state index contributed by atoms with van der Waals surface area (Å²) < 4.78 is 24.1. The summed E-state index contributed by atoms with van der Waals surface area (Å²) in [6, 6.07) is 20.3. The average molecular weight is 387 g/mol. The summed E-state index contributed by atoms with van der Waals surface area (Å²) >= 11 is 1.74. The lowest BCUT2D eigenvalue weighted by Crippen LogP contribution is -2.39. The van der Waals surface area contributed by atoms with Crippen molar-refractivity contribution in [1.82, 2.24) is 0 Å². The number of amidine groups is 1. The van der Waals surface area contributed by atoms with Gasteiger partial charge in [0.05, 0.1) is 23.6 Å². The van der Waals surface area contributed by atoms with Gasteiger partial charge in [0.2, 0.25) is 0 Å². The Kier molecular flexibility index (Phi) is 5.05. The number of rotatable bonds is 5. The molecule has 4 nitrogen and oxygen atoms in total. The smallest absolute Gasteiger partial charge is 0.164 e. The molecule has 1 fully saturated rings. The van der Waals surface area contributed by atoms with E-state index in [1.165, 1.54) is 5.56 Å². The van der Waals surface area contributed by atoms with Gasteiger partial charge in [-0.15, -0.1) is 0 Å². The molecule has 0 saturated carbocycles. The number of nitrogens with zero attached hydrogens (tertiary/aromatic N) is 2. The van der Waals surface area contributed by atoms with E-state index in [0.29, 0.717) is 0 Å². The van der Waals surface area contributed by atoms with Gasteiger partial charge in [-0.25, -0.2) is 8.42 Å². The summed E-state index contributed by atoms with van der Waals surface area (Å²) in [6.07, 6.45) is 2.12. The standard InChI is InChI=1S/C20H22N2O2S2/c23-26(24)14-18-19(15-26)22(17-11-5-2-6-12-17)20(21-18)25-13-7-10-16-8-3-1-4-9-16/h1-6,8-9,11-12,18-19H,7,10,13-15H2/t18-,19-/m0/s1. The SMILES string of the molecule is O=S1(=O)C[C@@H]2N=C(SCCCc3ccccc3)N(c3ccccc3)[C@H]2C1. The quantitative estimate of drug-likeness (QED) is 0.739. The molecule has 26 heavy (non-hydrogen) atoms. The molecule has 0 spiro atoms. The minimum absolute atomic E-state index is 0.0565. The molecular formula is C20H22N2O2S2. The first-order chi connectivity index (χ1) is 12.6. The summed E-state index contributed by atoms with van der Waals surface area (Å²) in [5, 5.41) is 0.967. The molecule has 1 saturated heterocycles. The van der Waals surface area contributed by atoms with E-state index >= 15 is 0 Å². The van der Waals surface area contributed by atoms with Gasteiger partial charge in [-0.2, -0.15) is 0 Å². The summed E-state index contributed by atoms with van der Waals surface area (Å²) in [7, 11) is -2.99. The van der Waals surface area contributed by atoms with Gasteiger partial charge in [0.15, 0.2) is 15.0 Å². The van der Waals surface area contributed by atoms with Crippen LogP contribution >= 0.6 is 11.8 Å². The monoisotopic (exact) mass is 386 g/mol. The number of fused-ring (bicyclic) bond motifs is 1. The predicted octanol–water partition coefficient (Wildman–Crippen LogP) is 3.39. The molecule has 2 aromatic carbocycles. The van der Waals surface area contributed by atoms with E-state index in [9.17, 15) is 8.42 Å². The second kappa shape index (κ2) is 7.45. The number of anilines is 1. The zero-order valence-corrected chi connectivity index (χ0v) is 16.1. The van der Waals surface area contributed by atoms with Crippen LogP contribution in [-0.4, -0.2) is 42.9 Å². The maximum atomic E-state index is 12.0. The molecule has 0 aromatic heterocycles. The molecule has 2 aliphatic heterocycles. The third-order valence-corrected chi connectivity index (χ3v) is 7.58. The van der Waals surface area contributed by atoms with Crippen molar-refractivity contribution in [2.24, 2.45) is 4.99 Å². The number of thioether (sulfide) groups is 1. The van der Waals surface area contributed by atoms with Crippen molar-refractivity contribution in [1.29, 1.82) is 0 Å². The Morgan fingerprint density at radius 2 is 1.69 bits per heavy atom. The minimum atomic E-state index is -2.99. The van der Waals surface area contributed by atoms with Crippen LogP contribution in [0.15, 0.2) is 65.7 Å². The molecule has 2 heterocycles. The molecule has 2 aromatic rings. The zero-order valence-electron chi connectivity index (χ0n) is 14.5. The molecule has 2 atom stereocenters. The minimum Gasteiger partial charge on any atom is -0.315 e. The van der Waals surface area contributed by atoms with E-state index in [0.717, 1.165) is 29.4 Å². The fourth-order valence-electron chi connectivity index (χ4n) is 3.61. The van der Waals surface area contributed by atoms with Gasteiger partial charge in [-0.05, 0) is 30.5 Å². The van der Waals surface area contributed by atoms with Crippen LogP contribution in [0.25, 0.3) is 0 Å². The maximum Gasteiger partial charge on any atom is 0.164 e. The van der Waals surface area contributed by atoms with Crippen LogP contribution in [0, 0.1) is 0 Å². The van der Waals surface area contributed by atoms with E-state index in [1.807, 2.05) is 36.4 Å². The third-order valence-electron chi connectivity index (χ3n) is 4.83.